The van der Waals surface area contributed by atoms with Gasteiger partial charge >= 0.3 is 0 Å². The predicted octanol–water partition coefficient (Wildman–Crippen LogP) is 2.34. The lowest BCUT2D eigenvalue weighted by Gasteiger charge is -2.21. The van der Waals surface area contributed by atoms with Crippen molar-refractivity contribution in [3.8, 4) is 0 Å². The molecule has 1 amide bonds. The molecule has 0 spiro atoms. The van der Waals surface area contributed by atoms with Gasteiger partial charge in [0, 0.05) is 30.4 Å². The average Bonchev–Trinajstić information content (AvgIpc) is 2.39. The van der Waals surface area contributed by atoms with Crippen LogP contribution in [0.3, 0.4) is 0 Å². The number of nitro groups is 1. The van der Waals surface area contributed by atoms with Crippen molar-refractivity contribution in [1.29, 1.82) is 0 Å². The van der Waals surface area contributed by atoms with Gasteiger partial charge in [-0.25, -0.2) is 0 Å². The molecule has 0 unspecified atom stereocenters. The fourth-order valence-electron chi connectivity index (χ4n) is 1.74. The Labute approximate surface area is 98.5 Å². The molecule has 0 radical (unpaired) electrons. The number of amides is 1. The van der Waals surface area contributed by atoms with Gasteiger partial charge in [-0.1, -0.05) is 12.1 Å². The van der Waals surface area contributed by atoms with E-state index in [0.29, 0.717) is 12.1 Å². The molecular formula is C12H12N2O3. The molecule has 0 aliphatic carbocycles. The summed E-state index contributed by atoms with van der Waals surface area (Å²) in [7, 11) is 0. The third-order valence-corrected chi connectivity index (χ3v) is 2.62. The minimum Gasteiger partial charge on any atom is -0.315 e. The van der Waals surface area contributed by atoms with Crippen molar-refractivity contribution >= 4 is 11.6 Å². The molecule has 1 aliphatic rings. The van der Waals surface area contributed by atoms with Crippen LogP contribution in [0.1, 0.15) is 23.2 Å². The van der Waals surface area contributed by atoms with E-state index < -0.39 is 4.92 Å². The monoisotopic (exact) mass is 232 g/mol. The third kappa shape index (κ3) is 2.50. The average molecular weight is 232 g/mol. The van der Waals surface area contributed by atoms with Gasteiger partial charge in [0.05, 0.1) is 4.92 Å². The number of rotatable bonds is 2. The van der Waals surface area contributed by atoms with Crippen LogP contribution in [0.15, 0.2) is 36.5 Å². The molecule has 0 saturated carbocycles. The number of allylic oxidation sites excluding steroid dienone is 1. The van der Waals surface area contributed by atoms with Crippen molar-refractivity contribution in [3.05, 3.63) is 52.2 Å². The van der Waals surface area contributed by atoms with Crippen LogP contribution in [0.5, 0.6) is 0 Å². The zero-order valence-corrected chi connectivity index (χ0v) is 9.20. The van der Waals surface area contributed by atoms with Crippen LogP contribution in [-0.4, -0.2) is 22.3 Å². The molecule has 1 aromatic rings. The number of non-ortho nitro benzene ring substituents is 1. The highest BCUT2D eigenvalue weighted by Crippen LogP contribution is 2.16. The van der Waals surface area contributed by atoms with E-state index in [2.05, 4.69) is 0 Å². The molecule has 0 saturated heterocycles. The van der Waals surface area contributed by atoms with Gasteiger partial charge in [0.1, 0.15) is 0 Å². The van der Waals surface area contributed by atoms with Crippen molar-refractivity contribution in [3.63, 3.8) is 0 Å². The Hall–Kier alpha value is -2.17. The SMILES string of the molecule is O=C(c1cccc([N+](=O)[O-])c1)N1C=CCCC1. The lowest BCUT2D eigenvalue weighted by atomic mass is 10.1. The maximum absolute atomic E-state index is 12.0. The van der Waals surface area contributed by atoms with Crippen molar-refractivity contribution in [2.24, 2.45) is 0 Å². The predicted molar refractivity (Wildman–Crippen MR) is 62.5 cm³/mol. The molecule has 1 heterocycles. The van der Waals surface area contributed by atoms with Gasteiger partial charge in [-0.05, 0) is 18.9 Å². The summed E-state index contributed by atoms with van der Waals surface area (Å²) >= 11 is 0. The van der Waals surface area contributed by atoms with Crippen LogP contribution < -0.4 is 0 Å². The second-order valence-corrected chi connectivity index (χ2v) is 3.83. The molecule has 0 N–H and O–H groups in total. The van der Waals surface area contributed by atoms with Gasteiger partial charge in [-0.2, -0.15) is 0 Å². The lowest BCUT2D eigenvalue weighted by molar-refractivity contribution is -0.384. The number of hydrogen-bond donors (Lipinski definition) is 0. The van der Waals surface area contributed by atoms with E-state index in [4.69, 9.17) is 0 Å². The third-order valence-electron chi connectivity index (χ3n) is 2.62. The standard InChI is InChI=1S/C12H12N2O3/c15-12(13-7-2-1-3-8-13)10-5-4-6-11(9-10)14(16)17/h2,4-7,9H,1,3,8H2. The summed E-state index contributed by atoms with van der Waals surface area (Å²) in [5.41, 5.74) is 0.294. The molecule has 5 nitrogen and oxygen atoms in total. The molecule has 0 fully saturated rings. The Balaban J connectivity index is 2.24. The largest absolute Gasteiger partial charge is 0.315 e. The van der Waals surface area contributed by atoms with Crippen LogP contribution in [0.2, 0.25) is 0 Å². The van der Waals surface area contributed by atoms with E-state index in [9.17, 15) is 14.9 Å². The van der Waals surface area contributed by atoms with Gasteiger partial charge in [0.25, 0.3) is 11.6 Å². The van der Waals surface area contributed by atoms with Crippen molar-refractivity contribution in [2.75, 3.05) is 6.54 Å². The van der Waals surface area contributed by atoms with Crippen LogP contribution >= 0.6 is 0 Å². The first-order valence-electron chi connectivity index (χ1n) is 5.40. The molecule has 1 aliphatic heterocycles. The van der Waals surface area contributed by atoms with Crippen LogP contribution in [0, 0.1) is 10.1 Å². The van der Waals surface area contributed by atoms with Gasteiger partial charge in [-0.15, -0.1) is 0 Å². The van der Waals surface area contributed by atoms with E-state index in [0.717, 1.165) is 12.8 Å². The van der Waals surface area contributed by atoms with E-state index in [1.165, 1.54) is 18.2 Å². The van der Waals surface area contributed by atoms with Gasteiger partial charge in [-0.3, -0.25) is 14.9 Å². The maximum Gasteiger partial charge on any atom is 0.270 e. The Kier molecular flexibility index (Phi) is 3.18. The minimum atomic E-state index is -0.497. The highest BCUT2D eigenvalue weighted by Gasteiger charge is 2.17. The second-order valence-electron chi connectivity index (χ2n) is 3.83. The summed E-state index contributed by atoms with van der Waals surface area (Å²) < 4.78 is 0. The maximum atomic E-state index is 12.0. The van der Waals surface area contributed by atoms with Gasteiger partial charge in [0.2, 0.25) is 0 Å². The van der Waals surface area contributed by atoms with Crippen LogP contribution in [0.25, 0.3) is 0 Å². The summed E-state index contributed by atoms with van der Waals surface area (Å²) in [6.07, 6.45) is 5.57. The van der Waals surface area contributed by atoms with Crippen LogP contribution in [0.4, 0.5) is 5.69 Å². The molecular weight excluding hydrogens is 220 g/mol. The Morgan fingerprint density at radius 2 is 2.24 bits per heavy atom. The molecule has 88 valence electrons. The molecule has 1 aromatic carbocycles. The number of hydrogen-bond acceptors (Lipinski definition) is 3. The number of carbonyl (C=O) groups excluding carboxylic acids is 1. The van der Waals surface area contributed by atoms with E-state index >= 15 is 0 Å². The van der Waals surface area contributed by atoms with Crippen molar-refractivity contribution < 1.29 is 9.72 Å². The molecule has 0 atom stereocenters. The first kappa shape index (κ1) is 11.3. The van der Waals surface area contributed by atoms with Crippen molar-refractivity contribution in [1.82, 2.24) is 4.90 Å². The highest BCUT2D eigenvalue weighted by molar-refractivity contribution is 5.95. The number of benzene rings is 1. The summed E-state index contributed by atoms with van der Waals surface area (Å²) in [5.74, 6) is -0.190. The summed E-state index contributed by atoms with van der Waals surface area (Å²) in [5, 5.41) is 10.6. The van der Waals surface area contributed by atoms with Crippen molar-refractivity contribution in [2.45, 2.75) is 12.8 Å². The Morgan fingerprint density at radius 1 is 1.41 bits per heavy atom. The molecule has 5 heteroatoms. The first-order chi connectivity index (χ1) is 8.18. The summed E-state index contributed by atoms with van der Waals surface area (Å²) in [6, 6.07) is 5.81. The fourth-order valence-corrected chi connectivity index (χ4v) is 1.74. The lowest BCUT2D eigenvalue weighted by Crippen LogP contribution is -2.28. The molecule has 2 rings (SSSR count). The summed E-state index contributed by atoms with van der Waals surface area (Å²) in [6.45, 7) is 0.665. The quantitative estimate of drug-likeness (QED) is 0.580. The fraction of sp³-hybridized carbons (Fsp3) is 0.250. The first-order valence-corrected chi connectivity index (χ1v) is 5.40. The van der Waals surface area contributed by atoms with Crippen LogP contribution in [-0.2, 0) is 0 Å². The zero-order valence-electron chi connectivity index (χ0n) is 9.20. The molecule has 0 aromatic heterocycles. The number of nitrogens with zero attached hydrogens (tertiary/aromatic N) is 2. The van der Waals surface area contributed by atoms with E-state index in [1.807, 2.05) is 6.08 Å². The van der Waals surface area contributed by atoms with Gasteiger partial charge in [0.15, 0.2) is 0 Å². The molecule has 0 bridgehead atoms. The number of carbonyl (C=O) groups is 1. The number of nitro benzene ring substituents is 1. The topological polar surface area (TPSA) is 63.4 Å². The molecule has 17 heavy (non-hydrogen) atoms. The minimum absolute atomic E-state index is 0.0585. The van der Waals surface area contributed by atoms with E-state index in [1.54, 1.807) is 17.2 Å². The zero-order chi connectivity index (χ0) is 12.3. The van der Waals surface area contributed by atoms with Gasteiger partial charge < -0.3 is 4.90 Å². The Morgan fingerprint density at radius 3 is 2.88 bits per heavy atom. The normalized spacial score (nSPS) is 14.7. The highest BCUT2D eigenvalue weighted by atomic mass is 16.6. The summed E-state index contributed by atoms with van der Waals surface area (Å²) in [4.78, 5) is 23.7. The van der Waals surface area contributed by atoms with E-state index in [-0.39, 0.29) is 11.6 Å². The Bertz CT molecular complexity index is 482. The smallest absolute Gasteiger partial charge is 0.270 e. The second kappa shape index (κ2) is 4.78.